The zero-order chi connectivity index (χ0) is 15.6. The van der Waals surface area contributed by atoms with E-state index in [1.54, 1.807) is 12.1 Å². The number of hydrogen-bond acceptors (Lipinski definition) is 5. The Balaban J connectivity index is 2.34. The second-order valence-electron chi connectivity index (χ2n) is 4.27. The summed E-state index contributed by atoms with van der Waals surface area (Å²) in [5, 5.41) is 13.4. The van der Waals surface area contributed by atoms with Crippen LogP contribution >= 0.6 is 15.9 Å². The molecule has 2 rings (SSSR count). The minimum atomic E-state index is -0.633. The number of pyridine rings is 1. The lowest BCUT2D eigenvalue weighted by molar-refractivity contribution is -0.385. The predicted octanol–water partition coefficient (Wildman–Crippen LogP) is 2.90. The second-order valence-corrected chi connectivity index (χ2v) is 5.07. The Labute approximate surface area is 128 Å². The number of benzene rings is 1. The highest BCUT2D eigenvalue weighted by Gasteiger charge is 2.17. The maximum absolute atomic E-state index is 12.2. The SMILES string of the molecule is Cc1cccc(NC(=O)c2cc([N+](=O)[O-])cnc2N)c1Br. The van der Waals surface area contributed by atoms with Gasteiger partial charge in [0, 0.05) is 10.5 Å². The highest BCUT2D eigenvalue weighted by atomic mass is 79.9. The van der Waals surface area contributed by atoms with Crippen LogP contribution in [0.4, 0.5) is 17.2 Å². The van der Waals surface area contributed by atoms with Crippen LogP contribution < -0.4 is 11.1 Å². The van der Waals surface area contributed by atoms with Crippen LogP contribution in [0.2, 0.25) is 0 Å². The predicted molar refractivity (Wildman–Crippen MR) is 82.1 cm³/mol. The van der Waals surface area contributed by atoms with E-state index in [1.165, 1.54) is 0 Å². The van der Waals surface area contributed by atoms with Crippen LogP contribution in [0.5, 0.6) is 0 Å². The van der Waals surface area contributed by atoms with Gasteiger partial charge in [-0.2, -0.15) is 0 Å². The lowest BCUT2D eigenvalue weighted by Gasteiger charge is -2.10. The number of hydrogen-bond donors (Lipinski definition) is 2. The zero-order valence-corrected chi connectivity index (χ0v) is 12.5. The molecule has 0 radical (unpaired) electrons. The van der Waals surface area contributed by atoms with Crippen molar-refractivity contribution in [3.63, 3.8) is 0 Å². The van der Waals surface area contributed by atoms with Crippen LogP contribution in [0.1, 0.15) is 15.9 Å². The number of aromatic nitrogens is 1. The van der Waals surface area contributed by atoms with Crippen molar-refractivity contribution in [2.75, 3.05) is 11.1 Å². The Morgan fingerprint density at radius 2 is 2.19 bits per heavy atom. The standard InChI is InChI=1S/C13H11BrN4O3/c1-7-3-2-4-10(11(7)14)17-13(19)9-5-8(18(20)21)6-16-12(9)15/h2-6H,1H3,(H2,15,16)(H,17,19). The van der Waals surface area contributed by atoms with Gasteiger partial charge in [0.25, 0.3) is 11.6 Å². The van der Waals surface area contributed by atoms with Gasteiger partial charge in [0.05, 0.1) is 16.2 Å². The summed E-state index contributed by atoms with van der Waals surface area (Å²) in [6.07, 6.45) is 1.01. The number of nitrogens with zero attached hydrogens (tertiary/aromatic N) is 2. The fourth-order valence-electron chi connectivity index (χ4n) is 1.68. The topological polar surface area (TPSA) is 111 Å². The molecule has 0 aliphatic heterocycles. The third-order valence-electron chi connectivity index (χ3n) is 2.80. The molecule has 0 unspecified atom stereocenters. The molecule has 108 valence electrons. The van der Waals surface area contributed by atoms with E-state index < -0.39 is 10.8 Å². The molecule has 0 bridgehead atoms. The van der Waals surface area contributed by atoms with Crippen LogP contribution in [0.25, 0.3) is 0 Å². The Kier molecular flexibility index (Phi) is 4.18. The maximum atomic E-state index is 12.2. The molecule has 21 heavy (non-hydrogen) atoms. The number of carbonyl (C=O) groups excluding carboxylic acids is 1. The molecule has 0 atom stereocenters. The van der Waals surface area contributed by atoms with Crippen LogP contribution in [-0.2, 0) is 0 Å². The van der Waals surface area contributed by atoms with E-state index in [1.807, 2.05) is 13.0 Å². The number of anilines is 2. The van der Waals surface area contributed by atoms with Crippen molar-refractivity contribution < 1.29 is 9.72 Å². The van der Waals surface area contributed by atoms with Crippen molar-refractivity contribution in [3.05, 3.63) is 56.2 Å². The summed E-state index contributed by atoms with van der Waals surface area (Å²) in [7, 11) is 0. The van der Waals surface area contributed by atoms with Gasteiger partial charge in [-0.1, -0.05) is 12.1 Å². The lowest BCUT2D eigenvalue weighted by Crippen LogP contribution is -2.15. The second kappa shape index (κ2) is 5.88. The largest absolute Gasteiger partial charge is 0.383 e. The summed E-state index contributed by atoms with van der Waals surface area (Å²) >= 11 is 3.37. The number of aryl methyl sites for hydroxylation is 1. The number of amides is 1. The number of halogens is 1. The Bertz CT molecular complexity index is 733. The maximum Gasteiger partial charge on any atom is 0.288 e. The number of rotatable bonds is 3. The van der Waals surface area contributed by atoms with Gasteiger partial charge in [0.1, 0.15) is 12.0 Å². The first-order valence-electron chi connectivity index (χ1n) is 5.86. The van der Waals surface area contributed by atoms with E-state index in [0.29, 0.717) is 5.69 Å². The number of nitrogens with one attached hydrogen (secondary N) is 1. The molecule has 0 aliphatic carbocycles. The molecule has 0 saturated carbocycles. The van der Waals surface area contributed by atoms with Crippen molar-refractivity contribution in [2.45, 2.75) is 6.92 Å². The highest BCUT2D eigenvalue weighted by Crippen LogP contribution is 2.27. The molecule has 1 amide bonds. The quantitative estimate of drug-likeness (QED) is 0.652. The molecule has 1 aromatic heterocycles. The summed E-state index contributed by atoms with van der Waals surface area (Å²) < 4.78 is 0.732. The summed E-state index contributed by atoms with van der Waals surface area (Å²) in [6, 6.07) is 6.46. The number of nitro groups is 1. The Morgan fingerprint density at radius 1 is 1.48 bits per heavy atom. The molecule has 1 heterocycles. The van der Waals surface area contributed by atoms with E-state index in [2.05, 4.69) is 26.2 Å². The van der Waals surface area contributed by atoms with Crippen LogP contribution in [-0.4, -0.2) is 15.8 Å². The van der Waals surface area contributed by atoms with Gasteiger partial charge in [-0.15, -0.1) is 0 Å². The van der Waals surface area contributed by atoms with Gasteiger partial charge in [-0.3, -0.25) is 14.9 Å². The summed E-state index contributed by atoms with van der Waals surface area (Å²) in [5.41, 5.74) is 6.76. The van der Waals surface area contributed by atoms with Crippen LogP contribution in [0.3, 0.4) is 0 Å². The normalized spacial score (nSPS) is 10.2. The Morgan fingerprint density at radius 3 is 2.86 bits per heavy atom. The van der Waals surface area contributed by atoms with Crippen LogP contribution in [0.15, 0.2) is 34.9 Å². The highest BCUT2D eigenvalue weighted by molar-refractivity contribution is 9.10. The summed E-state index contributed by atoms with van der Waals surface area (Å²) in [5.74, 6) is -0.628. The first-order valence-corrected chi connectivity index (χ1v) is 6.66. The van der Waals surface area contributed by atoms with Crippen molar-refractivity contribution >= 4 is 39.0 Å². The van der Waals surface area contributed by atoms with Crippen molar-refractivity contribution in [1.82, 2.24) is 4.98 Å². The van der Waals surface area contributed by atoms with Crippen molar-refractivity contribution in [2.24, 2.45) is 0 Å². The van der Waals surface area contributed by atoms with Gasteiger partial charge in [-0.25, -0.2) is 4.98 Å². The molecule has 8 heteroatoms. The number of nitrogen functional groups attached to an aromatic ring is 1. The third-order valence-corrected chi connectivity index (χ3v) is 3.85. The molecular formula is C13H11BrN4O3. The molecule has 2 aromatic rings. The third kappa shape index (κ3) is 3.16. The van der Waals surface area contributed by atoms with E-state index in [0.717, 1.165) is 22.3 Å². The van der Waals surface area contributed by atoms with Gasteiger partial charge in [0.15, 0.2) is 0 Å². The van der Waals surface area contributed by atoms with Crippen LogP contribution in [0, 0.1) is 17.0 Å². The monoisotopic (exact) mass is 350 g/mol. The molecule has 1 aromatic carbocycles. The fourth-order valence-corrected chi connectivity index (χ4v) is 2.04. The molecule has 0 spiro atoms. The van der Waals surface area contributed by atoms with Crippen molar-refractivity contribution in [1.29, 1.82) is 0 Å². The van der Waals surface area contributed by atoms with Crippen molar-refractivity contribution in [3.8, 4) is 0 Å². The molecule has 3 N–H and O–H groups in total. The van der Waals surface area contributed by atoms with Gasteiger partial charge in [0.2, 0.25) is 0 Å². The average molecular weight is 351 g/mol. The van der Waals surface area contributed by atoms with E-state index >= 15 is 0 Å². The molecule has 7 nitrogen and oxygen atoms in total. The average Bonchev–Trinajstić information content (AvgIpc) is 2.44. The lowest BCUT2D eigenvalue weighted by atomic mass is 10.2. The van der Waals surface area contributed by atoms with E-state index in [4.69, 9.17) is 5.73 Å². The summed E-state index contributed by atoms with van der Waals surface area (Å²) in [4.78, 5) is 26.0. The number of carbonyl (C=O) groups is 1. The smallest absolute Gasteiger partial charge is 0.288 e. The summed E-state index contributed by atoms with van der Waals surface area (Å²) in [6.45, 7) is 1.88. The number of nitrogens with two attached hydrogens (primary N) is 1. The molecular weight excluding hydrogens is 340 g/mol. The van der Waals surface area contributed by atoms with E-state index in [-0.39, 0.29) is 17.1 Å². The fraction of sp³-hybridized carbons (Fsp3) is 0.0769. The van der Waals surface area contributed by atoms with E-state index in [9.17, 15) is 14.9 Å². The molecule has 0 saturated heterocycles. The van der Waals surface area contributed by atoms with Gasteiger partial charge in [-0.05, 0) is 34.5 Å². The molecule has 0 fully saturated rings. The minimum Gasteiger partial charge on any atom is -0.383 e. The Hall–Kier alpha value is -2.48. The first kappa shape index (κ1) is 14.9. The minimum absolute atomic E-state index is 0.0439. The zero-order valence-electron chi connectivity index (χ0n) is 11.0. The molecule has 0 aliphatic rings. The van der Waals surface area contributed by atoms with Gasteiger partial charge < -0.3 is 11.1 Å². The first-order chi connectivity index (χ1) is 9.90. The van der Waals surface area contributed by atoms with Gasteiger partial charge >= 0.3 is 0 Å².